The van der Waals surface area contributed by atoms with Crippen molar-refractivity contribution in [2.75, 3.05) is 13.1 Å². The number of likely N-dealkylation sites (tertiary alicyclic amines) is 1. The van der Waals surface area contributed by atoms with Gasteiger partial charge in [-0.05, 0) is 25.5 Å². The molecular weight excluding hydrogens is 282 g/mol. The summed E-state index contributed by atoms with van der Waals surface area (Å²) in [6.07, 6.45) is 4.04. The molecule has 0 amide bonds. The monoisotopic (exact) mass is 299 g/mol. The van der Waals surface area contributed by atoms with Crippen LogP contribution in [0.4, 0.5) is 0 Å². The van der Waals surface area contributed by atoms with Gasteiger partial charge >= 0.3 is 5.69 Å². The first-order valence-electron chi connectivity index (χ1n) is 7.38. The van der Waals surface area contributed by atoms with Crippen molar-refractivity contribution in [1.82, 2.24) is 24.4 Å². The number of furan rings is 1. The SMILES string of the molecule is Cc1ccc(CN2CCC(n3c(=O)[nH]c4cncnc43)C2)o1. The number of fused-ring (bicyclic) bond motifs is 1. The quantitative estimate of drug-likeness (QED) is 0.792. The van der Waals surface area contributed by atoms with E-state index in [4.69, 9.17) is 4.42 Å². The minimum absolute atomic E-state index is 0.115. The highest BCUT2D eigenvalue weighted by molar-refractivity contribution is 5.69. The Kier molecular flexibility index (Phi) is 3.07. The Morgan fingerprint density at radius 2 is 2.36 bits per heavy atom. The van der Waals surface area contributed by atoms with E-state index >= 15 is 0 Å². The van der Waals surface area contributed by atoms with Crippen molar-refractivity contribution in [1.29, 1.82) is 0 Å². The fourth-order valence-corrected chi connectivity index (χ4v) is 3.17. The van der Waals surface area contributed by atoms with Crippen LogP contribution in [0.5, 0.6) is 0 Å². The smallest absolute Gasteiger partial charge is 0.328 e. The number of hydrogen-bond donors (Lipinski definition) is 1. The molecule has 0 aliphatic carbocycles. The van der Waals surface area contributed by atoms with Gasteiger partial charge in [0.25, 0.3) is 0 Å². The summed E-state index contributed by atoms with van der Waals surface area (Å²) < 4.78 is 7.38. The van der Waals surface area contributed by atoms with E-state index in [9.17, 15) is 4.79 Å². The average Bonchev–Trinajstić information content (AvgIpc) is 3.18. The Morgan fingerprint density at radius 1 is 1.45 bits per heavy atom. The summed E-state index contributed by atoms with van der Waals surface area (Å²) >= 11 is 0. The third-order valence-electron chi connectivity index (χ3n) is 4.17. The maximum atomic E-state index is 12.2. The molecule has 1 unspecified atom stereocenters. The van der Waals surface area contributed by atoms with Gasteiger partial charge in [-0.25, -0.2) is 14.8 Å². The molecule has 1 aliphatic rings. The summed E-state index contributed by atoms with van der Waals surface area (Å²) in [6.45, 7) is 4.48. The average molecular weight is 299 g/mol. The zero-order valence-corrected chi connectivity index (χ0v) is 12.3. The Balaban J connectivity index is 1.57. The topological polar surface area (TPSA) is 80.0 Å². The predicted octanol–water partition coefficient (Wildman–Crippen LogP) is 1.47. The van der Waals surface area contributed by atoms with Crippen LogP contribution in [0.1, 0.15) is 24.0 Å². The van der Waals surface area contributed by atoms with E-state index in [1.807, 2.05) is 19.1 Å². The van der Waals surface area contributed by atoms with Crippen LogP contribution in [-0.2, 0) is 6.54 Å². The van der Waals surface area contributed by atoms with Crippen LogP contribution in [0.3, 0.4) is 0 Å². The largest absolute Gasteiger partial charge is 0.465 e. The van der Waals surface area contributed by atoms with Crippen LogP contribution in [0, 0.1) is 6.92 Å². The molecule has 0 bridgehead atoms. The minimum Gasteiger partial charge on any atom is -0.465 e. The lowest BCUT2D eigenvalue weighted by molar-refractivity contribution is 0.284. The fourth-order valence-electron chi connectivity index (χ4n) is 3.17. The van der Waals surface area contributed by atoms with Gasteiger partial charge in [-0.1, -0.05) is 0 Å². The standard InChI is InChI=1S/C15H17N5O2/c1-10-2-3-12(22-10)8-19-5-4-11(7-19)20-14-13(18-15(20)21)6-16-9-17-14/h2-3,6,9,11H,4-5,7-8H2,1H3,(H,18,21). The van der Waals surface area contributed by atoms with Crippen LogP contribution < -0.4 is 5.69 Å². The fraction of sp³-hybridized carbons (Fsp3) is 0.400. The Morgan fingerprint density at radius 3 is 3.18 bits per heavy atom. The van der Waals surface area contributed by atoms with Crippen LogP contribution in [0.2, 0.25) is 0 Å². The van der Waals surface area contributed by atoms with Crippen molar-refractivity contribution in [3.63, 3.8) is 0 Å². The molecule has 1 saturated heterocycles. The molecule has 1 atom stereocenters. The number of nitrogens with one attached hydrogen (secondary N) is 1. The Hall–Kier alpha value is -2.41. The van der Waals surface area contributed by atoms with Gasteiger partial charge in [0.15, 0.2) is 5.65 Å². The van der Waals surface area contributed by atoms with Crippen LogP contribution in [-0.4, -0.2) is 37.5 Å². The molecule has 1 fully saturated rings. The third kappa shape index (κ3) is 2.23. The molecule has 114 valence electrons. The molecule has 0 radical (unpaired) electrons. The van der Waals surface area contributed by atoms with Crippen LogP contribution in [0.25, 0.3) is 11.2 Å². The second-order valence-corrected chi connectivity index (χ2v) is 5.75. The summed E-state index contributed by atoms with van der Waals surface area (Å²) in [5, 5.41) is 0. The number of nitrogens with zero attached hydrogens (tertiary/aromatic N) is 4. The molecule has 4 heterocycles. The normalized spacial score (nSPS) is 19.2. The van der Waals surface area contributed by atoms with Crippen molar-refractivity contribution < 1.29 is 4.42 Å². The van der Waals surface area contributed by atoms with E-state index in [0.717, 1.165) is 37.6 Å². The highest BCUT2D eigenvalue weighted by Crippen LogP contribution is 2.24. The van der Waals surface area contributed by atoms with E-state index in [-0.39, 0.29) is 11.7 Å². The van der Waals surface area contributed by atoms with Gasteiger partial charge in [0.05, 0.1) is 18.8 Å². The number of hydrogen-bond acceptors (Lipinski definition) is 5. The maximum Gasteiger partial charge on any atom is 0.328 e. The lowest BCUT2D eigenvalue weighted by atomic mass is 10.2. The van der Waals surface area contributed by atoms with E-state index in [1.54, 1.807) is 10.8 Å². The summed E-state index contributed by atoms with van der Waals surface area (Å²) in [4.78, 5) is 25.5. The Bertz CT molecular complexity index is 862. The molecule has 0 saturated carbocycles. The van der Waals surface area contributed by atoms with E-state index in [2.05, 4.69) is 19.9 Å². The number of aromatic amines is 1. The molecule has 7 nitrogen and oxygen atoms in total. The highest BCUT2D eigenvalue weighted by Gasteiger charge is 2.27. The second-order valence-electron chi connectivity index (χ2n) is 5.75. The molecule has 7 heteroatoms. The van der Waals surface area contributed by atoms with Gasteiger partial charge in [-0.2, -0.15) is 0 Å². The number of H-pyrrole nitrogens is 1. The lowest BCUT2D eigenvalue weighted by Gasteiger charge is -2.15. The van der Waals surface area contributed by atoms with Gasteiger partial charge in [-0.15, -0.1) is 0 Å². The van der Waals surface area contributed by atoms with Crippen molar-refractivity contribution in [3.8, 4) is 0 Å². The van der Waals surface area contributed by atoms with Gasteiger partial charge in [0.1, 0.15) is 23.4 Å². The molecule has 3 aromatic rings. The second kappa shape index (κ2) is 5.10. The highest BCUT2D eigenvalue weighted by atomic mass is 16.3. The van der Waals surface area contributed by atoms with E-state index in [1.165, 1.54) is 6.33 Å². The summed E-state index contributed by atoms with van der Waals surface area (Å²) in [7, 11) is 0. The first-order valence-corrected chi connectivity index (χ1v) is 7.38. The molecule has 1 N–H and O–H groups in total. The molecule has 3 aromatic heterocycles. The number of aryl methyl sites for hydroxylation is 1. The minimum atomic E-state index is -0.115. The van der Waals surface area contributed by atoms with E-state index < -0.39 is 0 Å². The van der Waals surface area contributed by atoms with Gasteiger partial charge in [0, 0.05) is 13.1 Å². The van der Waals surface area contributed by atoms with Crippen LogP contribution >= 0.6 is 0 Å². The van der Waals surface area contributed by atoms with Crippen molar-refractivity contribution in [3.05, 3.63) is 46.7 Å². The summed E-state index contributed by atoms with van der Waals surface area (Å²) in [5.41, 5.74) is 1.25. The first kappa shape index (κ1) is 13.3. The maximum absolute atomic E-state index is 12.2. The van der Waals surface area contributed by atoms with Crippen molar-refractivity contribution in [2.24, 2.45) is 0 Å². The molecule has 1 aliphatic heterocycles. The predicted molar refractivity (Wildman–Crippen MR) is 80.5 cm³/mol. The summed E-state index contributed by atoms with van der Waals surface area (Å²) in [5.74, 6) is 1.89. The summed E-state index contributed by atoms with van der Waals surface area (Å²) in [6, 6.07) is 4.12. The molecule has 4 rings (SSSR count). The van der Waals surface area contributed by atoms with Crippen LogP contribution in [0.15, 0.2) is 33.9 Å². The van der Waals surface area contributed by atoms with Crippen molar-refractivity contribution >= 4 is 11.2 Å². The van der Waals surface area contributed by atoms with Gasteiger partial charge < -0.3 is 9.40 Å². The van der Waals surface area contributed by atoms with Gasteiger partial charge in [0.2, 0.25) is 0 Å². The van der Waals surface area contributed by atoms with Gasteiger partial charge in [-0.3, -0.25) is 9.47 Å². The number of aromatic nitrogens is 4. The Labute approximate surface area is 126 Å². The zero-order valence-electron chi connectivity index (χ0n) is 12.3. The zero-order chi connectivity index (χ0) is 15.1. The van der Waals surface area contributed by atoms with Crippen molar-refractivity contribution in [2.45, 2.75) is 25.9 Å². The number of rotatable bonds is 3. The molecule has 22 heavy (non-hydrogen) atoms. The lowest BCUT2D eigenvalue weighted by Crippen LogP contribution is -2.26. The molecule has 0 aromatic carbocycles. The number of imidazole rings is 1. The third-order valence-corrected chi connectivity index (χ3v) is 4.17. The first-order chi connectivity index (χ1) is 10.7. The van der Waals surface area contributed by atoms with E-state index in [0.29, 0.717) is 11.2 Å². The molecular formula is C15H17N5O2. The molecule has 0 spiro atoms.